The van der Waals surface area contributed by atoms with Gasteiger partial charge in [-0.2, -0.15) is 0 Å². The Morgan fingerprint density at radius 1 is 1.56 bits per heavy atom. The minimum absolute atomic E-state index is 0.133. The summed E-state index contributed by atoms with van der Waals surface area (Å²) >= 11 is 10.7. The summed E-state index contributed by atoms with van der Waals surface area (Å²) in [7, 11) is 0. The third kappa shape index (κ3) is 3.10. The first-order valence-corrected chi connectivity index (χ1v) is 7.25. The van der Waals surface area contributed by atoms with Crippen LogP contribution in [-0.4, -0.2) is 10.9 Å². The number of halogens is 2. The molecule has 1 heterocycles. The number of amides is 1. The highest BCUT2D eigenvalue weighted by Crippen LogP contribution is 2.21. The van der Waals surface area contributed by atoms with Crippen LogP contribution in [0.5, 0.6) is 0 Å². The fourth-order valence-electron chi connectivity index (χ4n) is 1.43. The van der Waals surface area contributed by atoms with Gasteiger partial charge in [0.1, 0.15) is 0 Å². The van der Waals surface area contributed by atoms with Gasteiger partial charge in [0, 0.05) is 14.4 Å². The lowest BCUT2D eigenvalue weighted by Crippen LogP contribution is -2.23. The standard InChI is InChI=1S/C12H10BrClN2OS/c1-7-11(18-6-16-7)5-15-12(17)9-3-2-8(14)4-10(9)13/h2-4,6H,5H2,1H3,(H,15,17). The SMILES string of the molecule is Cc1ncsc1CNC(=O)c1ccc(Cl)cc1Br. The summed E-state index contributed by atoms with van der Waals surface area (Å²) in [6, 6.07) is 5.09. The molecular weight excluding hydrogens is 336 g/mol. The molecule has 0 aliphatic heterocycles. The monoisotopic (exact) mass is 344 g/mol. The molecule has 3 nitrogen and oxygen atoms in total. The molecule has 2 rings (SSSR count). The van der Waals surface area contributed by atoms with E-state index in [0.717, 1.165) is 10.6 Å². The van der Waals surface area contributed by atoms with Crippen LogP contribution in [0.25, 0.3) is 0 Å². The van der Waals surface area contributed by atoms with Gasteiger partial charge >= 0.3 is 0 Å². The molecule has 0 radical (unpaired) electrons. The second kappa shape index (κ2) is 5.82. The molecule has 18 heavy (non-hydrogen) atoms. The molecule has 1 N–H and O–H groups in total. The quantitative estimate of drug-likeness (QED) is 0.919. The van der Waals surface area contributed by atoms with Gasteiger partial charge in [-0.05, 0) is 41.1 Å². The lowest BCUT2D eigenvalue weighted by Gasteiger charge is -2.06. The number of aryl methyl sites for hydroxylation is 1. The van der Waals surface area contributed by atoms with Crippen molar-refractivity contribution in [1.29, 1.82) is 0 Å². The van der Waals surface area contributed by atoms with E-state index in [1.807, 2.05) is 6.92 Å². The van der Waals surface area contributed by atoms with Gasteiger partial charge in [0.2, 0.25) is 0 Å². The van der Waals surface area contributed by atoms with Crippen LogP contribution in [-0.2, 0) is 6.54 Å². The lowest BCUT2D eigenvalue weighted by atomic mass is 10.2. The smallest absolute Gasteiger partial charge is 0.252 e. The van der Waals surface area contributed by atoms with Crippen molar-refractivity contribution < 1.29 is 4.79 Å². The predicted octanol–water partition coefficient (Wildman–Crippen LogP) is 3.80. The highest BCUT2D eigenvalue weighted by atomic mass is 79.9. The minimum Gasteiger partial charge on any atom is -0.347 e. The molecule has 0 unspecified atom stereocenters. The van der Waals surface area contributed by atoms with E-state index in [1.165, 1.54) is 11.3 Å². The van der Waals surface area contributed by atoms with E-state index >= 15 is 0 Å². The molecule has 0 bridgehead atoms. The Bertz CT molecular complexity index is 585. The van der Waals surface area contributed by atoms with Gasteiger partial charge in [-0.15, -0.1) is 11.3 Å². The van der Waals surface area contributed by atoms with Gasteiger partial charge in [0.25, 0.3) is 5.91 Å². The van der Waals surface area contributed by atoms with Crippen molar-refractivity contribution in [2.24, 2.45) is 0 Å². The summed E-state index contributed by atoms with van der Waals surface area (Å²) in [6.07, 6.45) is 0. The zero-order valence-corrected chi connectivity index (χ0v) is 12.7. The Hall–Kier alpha value is -0.910. The van der Waals surface area contributed by atoms with E-state index in [-0.39, 0.29) is 5.91 Å². The molecule has 0 saturated carbocycles. The van der Waals surface area contributed by atoms with Crippen molar-refractivity contribution in [3.63, 3.8) is 0 Å². The topological polar surface area (TPSA) is 42.0 Å². The Labute approximate surface area is 122 Å². The molecule has 6 heteroatoms. The van der Waals surface area contributed by atoms with E-state index in [1.54, 1.807) is 23.7 Å². The fraction of sp³-hybridized carbons (Fsp3) is 0.167. The van der Waals surface area contributed by atoms with Crippen LogP contribution in [0.3, 0.4) is 0 Å². The lowest BCUT2D eigenvalue weighted by molar-refractivity contribution is 0.0950. The van der Waals surface area contributed by atoms with Crippen molar-refractivity contribution in [2.75, 3.05) is 0 Å². The van der Waals surface area contributed by atoms with Crippen LogP contribution < -0.4 is 5.32 Å². The first-order chi connectivity index (χ1) is 8.58. The maximum atomic E-state index is 12.0. The largest absolute Gasteiger partial charge is 0.347 e. The van der Waals surface area contributed by atoms with Gasteiger partial charge in [0.05, 0.1) is 23.3 Å². The summed E-state index contributed by atoms with van der Waals surface area (Å²) in [5.41, 5.74) is 3.30. The minimum atomic E-state index is -0.133. The number of aromatic nitrogens is 1. The Balaban J connectivity index is 2.06. The molecule has 0 spiro atoms. The van der Waals surface area contributed by atoms with Gasteiger partial charge in [-0.3, -0.25) is 4.79 Å². The Morgan fingerprint density at radius 2 is 2.33 bits per heavy atom. The third-order valence-electron chi connectivity index (χ3n) is 2.43. The van der Waals surface area contributed by atoms with Crippen LogP contribution in [0.1, 0.15) is 20.9 Å². The van der Waals surface area contributed by atoms with E-state index in [0.29, 0.717) is 21.6 Å². The summed E-state index contributed by atoms with van der Waals surface area (Å²) in [4.78, 5) is 17.2. The van der Waals surface area contributed by atoms with E-state index in [9.17, 15) is 4.79 Å². The number of nitrogens with one attached hydrogen (secondary N) is 1. The van der Waals surface area contributed by atoms with Crippen molar-refractivity contribution in [2.45, 2.75) is 13.5 Å². The summed E-state index contributed by atoms with van der Waals surface area (Å²) in [6.45, 7) is 2.42. The number of hydrogen-bond donors (Lipinski definition) is 1. The number of rotatable bonds is 3. The van der Waals surface area contributed by atoms with Crippen LogP contribution in [0.2, 0.25) is 5.02 Å². The molecule has 1 aromatic carbocycles. The molecule has 1 aromatic heterocycles. The fourth-order valence-corrected chi connectivity index (χ4v) is 3.00. The first-order valence-electron chi connectivity index (χ1n) is 5.20. The van der Waals surface area contributed by atoms with Gasteiger partial charge in [-0.25, -0.2) is 4.98 Å². The van der Waals surface area contributed by atoms with Crippen molar-refractivity contribution >= 4 is 44.8 Å². The number of hydrogen-bond acceptors (Lipinski definition) is 3. The zero-order chi connectivity index (χ0) is 13.1. The predicted molar refractivity (Wildman–Crippen MR) is 77.2 cm³/mol. The molecular formula is C12H10BrClN2OS. The first kappa shape index (κ1) is 13.5. The van der Waals surface area contributed by atoms with E-state index in [4.69, 9.17) is 11.6 Å². The molecule has 0 atom stereocenters. The zero-order valence-electron chi connectivity index (χ0n) is 9.54. The average Bonchev–Trinajstić information content (AvgIpc) is 2.72. The summed E-state index contributed by atoms with van der Waals surface area (Å²) in [5.74, 6) is -0.133. The van der Waals surface area contributed by atoms with Gasteiger partial charge in [-0.1, -0.05) is 11.6 Å². The molecule has 0 saturated heterocycles. The average molecular weight is 346 g/mol. The number of nitrogens with zero attached hydrogens (tertiary/aromatic N) is 1. The van der Waals surface area contributed by atoms with Crippen LogP contribution in [0, 0.1) is 6.92 Å². The molecule has 94 valence electrons. The highest BCUT2D eigenvalue weighted by Gasteiger charge is 2.11. The molecule has 0 fully saturated rings. The Morgan fingerprint density at radius 3 is 2.94 bits per heavy atom. The second-order valence-electron chi connectivity index (χ2n) is 3.67. The van der Waals surface area contributed by atoms with Crippen molar-refractivity contribution in [3.05, 3.63) is 49.3 Å². The van der Waals surface area contributed by atoms with Gasteiger partial charge < -0.3 is 5.32 Å². The van der Waals surface area contributed by atoms with Crippen LogP contribution >= 0.6 is 38.9 Å². The van der Waals surface area contributed by atoms with Crippen LogP contribution in [0.4, 0.5) is 0 Å². The van der Waals surface area contributed by atoms with Gasteiger partial charge in [0.15, 0.2) is 0 Å². The Kier molecular flexibility index (Phi) is 4.37. The van der Waals surface area contributed by atoms with E-state index < -0.39 is 0 Å². The molecule has 2 aromatic rings. The second-order valence-corrected chi connectivity index (χ2v) is 5.90. The number of carbonyl (C=O) groups excluding carboxylic acids is 1. The maximum Gasteiger partial charge on any atom is 0.252 e. The normalized spacial score (nSPS) is 10.4. The molecule has 1 amide bonds. The van der Waals surface area contributed by atoms with E-state index in [2.05, 4.69) is 26.2 Å². The number of thiazole rings is 1. The summed E-state index contributed by atoms with van der Waals surface area (Å²) < 4.78 is 0.688. The van der Waals surface area contributed by atoms with Crippen LogP contribution in [0.15, 0.2) is 28.2 Å². The third-order valence-corrected chi connectivity index (χ3v) is 4.26. The van der Waals surface area contributed by atoms with Crippen molar-refractivity contribution in [1.82, 2.24) is 10.3 Å². The summed E-state index contributed by atoms with van der Waals surface area (Å²) in [5, 5.41) is 3.46. The van der Waals surface area contributed by atoms with Crippen molar-refractivity contribution in [3.8, 4) is 0 Å². The highest BCUT2D eigenvalue weighted by molar-refractivity contribution is 9.10. The number of benzene rings is 1. The molecule has 0 aliphatic rings. The molecule has 0 aliphatic carbocycles. The number of carbonyl (C=O) groups is 1. The maximum absolute atomic E-state index is 12.0.